The Balaban J connectivity index is 0.000000208. The van der Waals surface area contributed by atoms with Crippen molar-refractivity contribution in [2.24, 2.45) is 0 Å². The number of nitrogens with zero attached hydrogens (tertiary/aromatic N) is 2. The zero-order valence-electron chi connectivity index (χ0n) is 40.1. The van der Waals surface area contributed by atoms with Crippen molar-refractivity contribution in [1.82, 2.24) is 19.4 Å². The second-order valence-corrected chi connectivity index (χ2v) is 22.0. The number of carbonyl (C=O) groups is 2. The van der Waals surface area contributed by atoms with Crippen LogP contribution in [-0.2, 0) is 47.2 Å². The number of carboxylic acid groups (broad SMARTS) is 1. The summed E-state index contributed by atoms with van der Waals surface area (Å²) in [5, 5.41) is 8.95. The highest BCUT2D eigenvalue weighted by Crippen LogP contribution is 2.37. The van der Waals surface area contributed by atoms with Crippen molar-refractivity contribution in [2.75, 3.05) is 13.2 Å². The molecule has 0 bridgehead atoms. The monoisotopic (exact) mass is 988 g/mol. The summed E-state index contributed by atoms with van der Waals surface area (Å²) >= 11 is 0. The molecule has 2 heterocycles. The molecule has 0 saturated heterocycles. The van der Waals surface area contributed by atoms with E-state index in [1.165, 1.54) is 0 Å². The van der Waals surface area contributed by atoms with E-state index in [0.29, 0.717) is 30.8 Å². The minimum Gasteiger partial charge on any atom is -0.482 e. The number of carboxylic acids is 1. The lowest BCUT2D eigenvalue weighted by Gasteiger charge is -2.22. The molecule has 2 atom stereocenters. The normalized spacial score (nSPS) is 16.0. The summed E-state index contributed by atoms with van der Waals surface area (Å²) in [5.41, 5.74) is 8.66. The number of carbonyl (C=O) groups excluding carboxylic acids is 1. The quantitative estimate of drug-likeness (QED) is 0.0690. The maximum absolute atomic E-state index is 13.3. The number of aliphatic carboxylic acids is 1. The van der Waals surface area contributed by atoms with Crippen LogP contribution in [0.15, 0.2) is 132 Å². The van der Waals surface area contributed by atoms with Crippen LogP contribution in [0.4, 0.5) is 0 Å². The molecule has 0 aliphatic heterocycles. The van der Waals surface area contributed by atoms with Gasteiger partial charge >= 0.3 is 11.9 Å². The van der Waals surface area contributed by atoms with Crippen molar-refractivity contribution in [1.29, 1.82) is 0 Å². The number of rotatable bonds is 14. The molecule has 70 heavy (non-hydrogen) atoms. The van der Waals surface area contributed by atoms with Gasteiger partial charge in [0.2, 0.25) is 20.0 Å². The molecule has 368 valence electrons. The van der Waals surface area contributed by atoms with Gasteiger partial charge in [-0.2, -0.15) is 0 Å². The number of hydrogen-bond acceptors (Lipinski definition) is 11. The summed E-state index contributed by atoms with van der Waals surface area (Å²) in [6.45, 7) is 8.72. The number of aryl methyl sites for hydroxylation is 2. The average molecular weight is 989 g/mol. The fourth-order valence-electron chi connectivity index (χ4n) is 8.72. The van der Waals surface area contributed by atoms with Gasteiger partial charge in [-0.05, 0) is 166 Å². The second-order valence-electron chi connectivity index (χ2n) is 18.6. The van der Waals surface area contributed by atoms with Gasteiger partial charge in [0.15, 0.2) is 13.2 Å². The molecule has 0 fully saturated rings. The Kier molecular flexibility index (Phi) is 16.5. The third-order valence-corrected chi connectivity index (χ3v) is 14.9. The predicted molar refractivity (Wildman–Crippen MR) is 267 cm³/mol. The molecule has 2 aliphatic rings. The Hall–Kier alpha value is -6.46. The number of fused-ring (bicyclic) bond motifs is 2. The Morgan fingerprint density at radius 1 is 0.600 bits per heavy atom. The van der Waals surface area contributed by atoms with E-state index in [1.807, 2.05) is 71.0 Å². The van der Waals surface area contributed by atoms with Crippen molar-refractivity contribution in [2.45, 2.75) is 113 Å². The van der Waals surface area contributed by atoms with E-state index >= 15 is 0 Å². The zero-order chi connectivity index (χ0) is 50.1. The molecule has 4 aromatic carbocycles. The van der Waals surface area contributed by atoms with Crippen molar-refractivity contribution in [3.8, 4) is 33.8 Å². The first-order chi connectivity index (χ1) is 33.3. The van der Waals surface area contributed by atoms with Gasteiger partial charge in [0.1, 0.15) is 17.1 Å². The van der Waals surface area contributed by atoms with E-state index in [-0.39, 0.29) is 16.4 Å². The molecule has 0 amide bonds. The lowest BCUT2D eigenvalue weighted by molar-refractivity contribution is -0.157. The van der Waals surface area contributed by atoms with Crippen LogP contribution in [0, 0.1) is 13.8 Å². The molecule has 2 aromatic heterocycles. The molecule has 0 saturated carbocycles. The highest BCUT2D eigenvalue weighted by atomic mass is 32.2. The Morgan fingerprint density at radius 3 is 1.43 bits per heavy atom. The summed E-state index contributed by atoms with van der Waals surface area (Å²) in [7, 11) is -7.53. The van der Waals surface area contributed by atoms with E-state index in [0.717, 1.165) is 87.7 Å². The van der Waals surface area contributed by atoms with Crippen LogP contribution < -0.4 is 18.9 Å². The molecule has 2 aliphatic carbocycles. The van der Waals surface area contributed by atoms with Crippen molar-refractivity contribution in [3.63, 3.8) is 0 Å². The van der Waals surface area contributed by atoms with Gasteiger partial charge in [-0.3, -0.25) is 9.97 Å². The largest absolute Gasteiger partial charge is 0.482 e. The van der Waals surface area contributed by atoms with Crippen molar-refractivity contribution in [3.05, 3.63) is 155 Å². The average Bonchev–Trinajstić information content (AvgIpc) is 3.66. The third-order valence-electron chi connectivity index (χ3n) is 11.9. The van der Waals surface area contributed by atoms with Gasteiger partial charge in [0.05, 0.1) is 9.79 Å². The van der Waals surface area contributed by atoms with Crippen LogP contribution in [0.5, 0.6) is 11.5 Å². The fraction of sp³-hybridized carbons (Fsp3) is 0.333. The molecule has 16 heteroatoms. The molecular weight excluding hydrogens is 929 g/mol. The van der Waals surface area contributed by atoms with Crippen molar-refractivity contribution >= 4 is 32.0 Å². The number of esters is 1. The maximum atomic E-state index is 13.3. The number of nitrogens with one attached hydrogen (secondary N) is 2. The van der Waals surface area contributed by atoms with Crippen LogP contribution in [0.25, 0.3) is 22.3 Å². The van der Waals surface area contributed by atoms with Gasteiger partial charge in [0.25, 0.3) is 0 Å². The standard InChI is InChI=1S/C29H34N2O5S.C25H26N2O5S/c1-20-16-22(18-30-17-20)21-12-14-23(15-13-21)37(33,34)31-26-10-6-5-8-25-24(26)9-7-11-27(25)35-19-28(32)36-29(2,3)4;1-17-13-19(15-26-14-17)18-9-11-20(12-10-18)33(30,31)27-23-7-3-2-5-22-21(23)6-4-8-24(22)32-16-25(28)29/h7,9,11-18,26,31H,5-6,8,10,19H2,1-4H3;4,6,8-15,23,27H,2-3,5,7,16H2,1H3,(H,28,29). The first-order valence-electron chi connectivity index (χ1n) is 23.4. The molecular formula is C54H60N4O10S2. The highest BCUT2D eigenvalue weighted by molar-refractivity contribution is 7.89. The van der Waals surface area contributed by atoms with Crippen LogP contribution in [-0.4, -0.2) is 62.7 Å². The van der Waals surface area contributed by atoms with Gasteiger partial charge in [0, 0.05) is 48.0 Å². The third kappa shape index (κ3) is 13.7. The van der Waals surface area contributed by atoms with Crippen molar-refractivity contribution < 1.29 is 45.7 Å². The lowest BCUT2D eigenvalue weighted by atomic mass is 9.99. The number of aromatic nitrogens is 2. The highest BCUT2D eigenvalue weighted by Gasteiger charge is 2.29. The number of sulfonamides is 2. The molecule has 6 aromatic rings. The minimum absolute atomic E-state index is 0.191. The van der Waals surface area contributed by atoms with Crippen LogP contribution >= 0.6 is 0 Å². The zero-order valence-corrected chi connectivity index (χ0v) is 41.7. The second kappa shape index (κ2) is 22.5. The van der Waals surface area contributed by atoms with E-state index in [9.17, 15) is 26.4 Å². The van der Waals surface area contributed by atoms with Gasteiger partial charge in [-0.25, -0.2) is 35.9 Å². The van der Waals surface area contributed by atoms with Crippen LogP contribution in [0.3, 0.4) is 0 Å². The summed E-state index contributed by atoms with van der Waals surface area (Å²) < 4.78 is 75.5. The fourth-order valence-corrected chi connectivity index (χ4v) is 11.2. The van der Waals surface area contributed by atoms with E-state index in [4.69, 9.17) is 19.3 Å². The van der Waals surface area contributed by atoms with E-state index in [1.54, 1.807) is 85.5 Å². The number of hydrogen-bond donors (Lipinski definition) is 3. The van der Waals surface area contributed by atoms with E-state index < -0.39 is 56.3 Å². The number of pyridine rings is 2. The number of ether oxygens (including phenoxy) is 3. The van der Waals surface area contributed by atoms with Gasteiger partial charge in [-0.15, -0.1) is 0 Å². The lowest BCUT2D eigenvalue weighted by Crippen LogP contribution is -2.29. The molecule has 8 rings (SSSR count). The summed E-state index contributed by atoms with van der Waals surface area (Å²) in [6, 6.07) is 27.8. The smallest absolute Gasteiger partial charge is 0.344 e. The first kappa shape index (κ1) is 51.4. The van der Waals surface area contributed by atoms with Gasteiger partial charge < -0.3 is 19.3 Å². The maximum Gasteiger partial charge on any atom is 0.344 e. The van der Waals surface area contributed by atoms with E-state index in [2.05, 4.69) is 19.4 Å². The summed E-state index contributed by atoms with van der Waals surface area (Å²) in [5.74, 6) is -0.410. The first-order valence-corrected chi connectivity index (χ1v) is 26.3. The Morgan fingerprint density at radius 2 is 1.03 bits per heavy atom. The summed E-state index contributed by atoms with van der Waals surface area (Å²) in [6.07, 6.45) is 13.3. The molecule has 2 unspecified atom stereocenters. The number of benzene rings is 4. The predicted octanol–water partition coefficient (Wildman–Crippen LogP) is 9.79. The molecule has 3 N–H and O–H groups in total. The molecule has 0 spiro atoms. The topological polar surface area (TPSA) is 200 Å². The van der Waals surface area contributed by atoms with Crippen LogP contribution in [0.1, 0.15) is 105 Å². The Bertz CT molecular complexity index is 3030. The Labute approximate surface area is 411 Å². The minimum atomic E-state index is -3.77. The van der Waals surface area contributed by atoms with Gasteiger partial charge in [-0.1, -0.05) is 61.4 Å². The summed E-state index contributed by atoms with van der Waals surface area (Å²) in [4.78, 5) is 31.9. The molecule has 0 radical (unpaired) electrons. The van der Waals surface area contributed by atoms with Crippen LogP contribution in [0.2, 0.25) is 0 Å². The molecule has 14 nitrogen and oxygen atoms in total. The SMILES string of the molecule is Cc1cncc(-c2ccc(S(=O)(=O)NC3CCCCc4c(OCC(=O)O)cccc43)cc2)c1.Cc1cncc(-c2ccc(S(=O)(=O)NC3CCCCc4c(OCC(=O)OC(C)(C)C)cccc43)cc2)c1.